The zero-order valence-electron chi connectivity index (χ0n) is 13.2. The van der Waals surface area contributed by atoms with E-state index in [0.717, 1.165) is 9.71 Å². The Bertz CT molecular complexity index is 835. The van der Waals surface area contributed by atoms with Crippen LogP contribution in [0.1, 0.15) is 11.1 Å². The van der Waals surface area contributed by atoms with Crippen LogP contribution in [0, 0.1) is 5.82 Å². The molecule has 24 heavy (non-hydrogen) atoms. The maximum absolute atomic E-state index is 13.7. The van der Waals surface area contributed by atoms with Crippen LogP contribution in [-0.2, 0) is 16.6 Å². The third-order valence-electron chi connectivity index (χ3n) is 3.36. The third-order valence-corrected chi connectivity index (χ3v) is 5.09. The molecule has 2 rings (SSSR count). The Kier molecular flexibility index (Phi) is 5.99. The smallest absolute Gasteiger partial charge is 0.236 e. The SMILES string of the molecule is COc1ccc(CN(C)S(=O)(=O)/C=C/c2ccc(Cl)cc2)cc1F. The van der Waals surface area contributed by atoms with E-state index >= 15 is 0 Å². The number of methoxy groups -OCH3 is 1. The van der Waals surface area contributed by atoms with Gasteiger partial charge < -0.3 is 4.74 Å². The largest absolute Gasteiger partial charge is 0.494 e. The van der Waals surface area contributed by atoms with E-state index in [2.05, 4.69) is 0 Å². The van der Waals surface area contributed by atoms with Crippen LogP contribution >= 0.6 is 11.6 Å². The highest BCUT2D eigenvalue weighted by molar-refractivity contribution is 7.92. The zero-order chi connectivity index (χ0) is 17.7. The van der Waals surface area contributed by atoms with Gasteiger partial charge in [0, 0.05) is 24.0 Å². The number of nitrogens with zero attached hydrogens (tertiary/aromatic N) is 1. The minimum Gasteiger partial charge on any atom is -0.494 e. The molecule has 2 aromatic carbocycles. The summed E-state index contributed by atoms with van der Waals surface area (Å²) in [5.41, 5.74) is 1.24. The Morgan fingerprint density at radius 2 is 1.88 bits per heavy atom. The molecule has 0 aliphatic carbocycles. The highest BCUT2D eigenvalue weighted by Crippen LogP contribution is 2.19. The number of hydrogen-bond acceptors (Lipinski definition) is 3. The summed E-state index contributed by atoms with van der Waals surface area (Å²) in [6.45, 7) is 0.0498. The van der Waals surface area contributed by atoms with E-state index in [1.54, 1.807) is 30.3 Å². The molecule has 0 aliphatic heterocycles. The van der Waals surface area contributed by atoms with E-state index in [9.17, 15) is 12.8 Å². The lowest BCUT2D eigenvalue weighted by Gasteiger charge is -2.15. The molecule has 0 fully saturated rings. The van der Waals surface area contributed by atoms with Gasteiger partial charge in [0.2, 0.25) is 10.0 Å². The first kappa shape index (κ1) is 18.4. The molecule has 4 nitrogen and oxygen atoms in total. The summed E-state index contributed by atoms with van der Waals surface area (Å²) < 4.78 is 44.2. The van der Waals surface area contributed by atoms with Gasteiger partial charge in [-0.25, -0.2) is 12.8 Å². The van der Waals surface area contributed by atoms with Crippen LogP contribution in [0.5, 0.6) is 5.75 Å². The average molecular weight is 370 g/mol. The first-order valence-electron chi connectivity index (χ1n) is 7.04. The molecule has 0 aliphatic rings. The third kappa shape index (κ3) is 4.80. The second-order valence-electron chi connectivity index (χ2n) is 5.12. The van der Waals surface area contributed by atoms with Crippen LogP contribution in [0.15, 0.2) is 47.9 Å². The maximum atomic E-state index is 13.7. The van der Waals surface area contributed by atoms with Crippen molar-refractivity contribution in [2.75, 3.05) is 14.2 Å². The van der Waals surface area contributed by atoms with Crippen LogP contribution in [0.2, 0.25) is 5.02 Å². The molecule has 0 amide bonds. The van der Waals surface area contributed by atoms with Gasteiger partial charge in [0.05, 0.1) is 7.11 Å². The van der Waals surface area contributed by atoms with Gasteiger partial charge in [-0.15, -0.1) is 0 Å². The molecule has 0 spiro atoms. The van der Waals surface area contributed by atoms with Crippen molar-refractivity contribution in [3.8, 4) is 5.75 Å². The van der Waals surface area contributed by atoms with Gasteiger partial charge in [0.1, 0.15) is 0 Å². The molecule has 0 radical (unpaired) electrons. The predicted octanol–water partition coefficient (Wildman–Crippen LogP) is 3.92. The molecule has 0 saturated carbocycles. The summed E-state index contributed by atoms with van der Waals surface area (Å²) in [5, 5.41) is 1.68. The van der Waals surface area contributed by atoms with E-state index in [-0.39, 0.29) is 12.3 Å². The quantitative estimate of drug-likeness (QED) is 0.775. The fourth-order valence-electron chi connectivity index (χ4n) is 2.00. The van der Waals surface area contributed by atoms with Gasteiger partial charge >= 0.3 is 0 Å². The summed E-state index contributed by atoms with van der Waals surface area (Å²) in [4.78, 5) is 0. The number of sulfonamides is 1. The highest BCUT2D eigenvalue weighted by Gasteiger charge is 2.15. The van der Waals surface area contributed by atoms with Crippen molar-refractivity contribution in [3.05, 3.63) is 69.8 Å². The molecule has 0 atom stereocenters. The molecular weight excluding hydrogens is 353 g/mol. The van der Waals surface area contributed by atoms with Crippen LogP contribution in [-0.4, -0.2) is 26.9 Å². The fraction of sp³-hybridized carbons (Fsp3) is 0.176. The lowest BCUT2D eigenvalue weighted by Crippen LogP contribution is -2.24. The number of ether oxygens (including phenoxy) is 1. The first-order chi connectivity index (χ1) is 11.3. The number of benzene rings is 2. The lowest BCUT2D eigenvalue weighted by molar-refractivity contribution is 0.385. The summed E-state index contributed by atoms with van der Waals surface area (Å²) in [6, 6.07) is 11.1. The Balaban J connectivity index is 2.11. The Morgan fingerprint density at radius 1 is 1.21 bits per heavy atom. The minimum atomic E-state index is -3.63. The molecule has 2 aromatic rings. The lowest BCUT2D eigenvalue weighted by atomic mass is 10.2. The molecule has 7 heteroatoms. The van der Waals surface area contributed by atoms with Gasteiger partial charge in [-0.1, -0.05) is 29.8 Å². The van der Waals surface area contributed by atoms with E-state index in [1.807, 2.05) is 0 Å². The van der Waals surface area contributed by atoms with Crippen LogP contribution in [0.25, 0.3) is 6.08 Å². The average Bonchev–Trinajstić information content (AvgIpc) is 2.54. The maximum Gasteiger partial charge on any atom is 0.236 e. The summed E-state index contributed by atoms with van der Waals surface area (Å²) in [7, 11) is -0.824. The summed E-state index contributed by atoms with van der Waals surface area (Å²) in [6.07, 6.45) is 1.48. The Morgan fingerprint density at radius 3 is 2.46 bits per heavy atom. The van der Waals surface area contributed by atoms with Crippen molar-refractivity contribution in [3.63, 3.8) is 0 Å². The molecule has 0 saturated heterocycles. The van der Waals surface area contributed by atoms with Gasteiger partial charge in [-0.05, 0) is 41.5 Å². The number of halogens is 2. The van der Waals surface area contributed by atoms with E-state index in [0.29, 0.717) is 16.1 Å². The number of hydrogen-bond donors (Lipinski definition) is 0. The van der Waals surface area contributed by atoms with E-state index in [1.165, 1.54) is 32.4 Å². The van der Waals surface area contributed by atoms with Crippen molar-refractivity contribution in [1.82, 2.24) is 4.31 Å². The van der Waals surface area contributed by atoms with Crippen molar-refractivity contribution < 1.29 is 17.5 Å². The molecule has 0 aromatic heterocycles. The van der Waals surface area contributed by atoms with Crippen molar-refractivity contribution >= 4 is 27.7 Å². The molecule has 0 N–H and O–H groups in total. The van der Waals surface area contributed by atoms with Crippen LogP contribution in [0.4, 0.5) is 4.39 Å². The summed E-state index contributed by atoms with van der Waals surface area (Å²) >= 11 is 5.79. The molecular formula is C17H17ClFNO3S. The van der Waals surface area contributed by atoms with Crippen molar-refractivity contribution in [1.29, 1.82) is 0 Å². The van der Waals surface area contributed by atoms with Gasteiger partial charge in [-0.2, -0.15) is 4.31 Å². The Labute approximate surface area is 146 Å². The molecule has 0 heterocycles. The van der Waals surface area contributed by atoms with E-state index in [4.69, 9.17) is 16.3 Å². The molecule has 0 bridgehead atoms. The second-order valence-corrected chi connectivity index (χ2v) is 7.49. The van der Waals surface area contributed by atoms with Crippen LogP contribution < -0.4 is 4.74 Å². The van der Waals surface area contributed by atoms with Gasteiger partial charge in [-0.3, -0.25) is 0 Å². The zero-order valence-corrected chi connectivity index (χ0v) is 14.8. The standard InChI is InChI=1S/C17H17ClFNO3S/c1-20(12-14-5-8-17(23-2)16(19)11-14)24(21,22)10-9-13-3-6-15(18)7-4-13/h3-11H,12H2,1-2H3/b10-9+. The minimum absolute atomic E-state index is 0.0498. The molecule has 128 valence electrons. The normalized spacial score (nSPS) is 12.0. The Hall–Kier alpha value is -1.89. The van der Waals surface area contributed by atoms with E-state index < -0.39 is 15.8 Å². The fourth-order valence-corrected chi connectivity index (χ4v) is 2.99. The second kappa shape index (κ2) is 7.79. The van der Waals surface area contributed by atoms with Gasteiger partial charge in [0.25, 0.3) is 0 Å². The van der Waals surface area contributed by atoms with Crippen LogP contribution in [0.3, 0.4) is 0 Å². The first-order valence-corrected chi connectivity index (χ1v) is 8.92. The topological polar surface area (TPSA) is 46.6 Å². The van der Waals surface area contributed by atoms with Gasteiger partial charge in [0.15, 0.2) is 11.6 Å². The van der Waals surface area contributed by atoms with Crippen molar-refractivity contribution in [2.45, 2.75) is 6.54 Å². The monoisotopic (exact) mass is 369 g/mol. The molecule has 0 unspecified atom stereocenters. The summed E-state index contributed by atoms with van der Waals surface area (Å²) in [5.74, 6) is -0.413. The highest BCUT2D eigenvalue weighted by atomic mass is 35.5. The van der Waals surface area contributed by atoms with Crippen molar-refractivity contribution in [2.24, 2.45) is 0 Å². The number of rotatable bonds is 6. The predicted molar refractivity (Wildman–Crippen MR) is 93.8 cm³/mol.